The van der Waals surface area contributed by atoms with Crippen molar-refractivity contribution in [2.45, 2.75) is 5.54 Å². The van der Waals surface area contributed by atoms with Crippen LogP contribution in [0.2, 0.25) is 0 Å². The molecule has 0 bridgehead atoms. The highest BCUT2D eigenvalue weighted by molar-refractivity contribution is 5.39. The Morgan fingerprint density at radius 3 is 1.61 bits per heavy atom. The summed E-state index contributed by atoms with van der Waals surface area (Å²) < 4.78 is 0. The Morgan fingerprint density at radius 1 is 0.833 bits per heavy atom. The van der Waals surface area contributed by atoms with E-state index < -0.39 is 0 Å². The lowest BCUT2D eigenvalue weighted by Gasteiger charge is -2.44. The van der Waals surface area contributed by atoms with E-state index in [9.17, 15) is 0 Å². The van der Waals surface area contributed by atoms with Crippen LogP contribution in [0.1, 0.15) is 11.1 Å². The number of nitrogens with one attached hydrogen (secondary N) is 1. The molecule has 0 amide bonds. The van der Waals surface area contributed by atoms with E-state index >= 15 is 0 Å². The fourth-order valence-electron chi connectivity index (χ4n) is 2.68. The van der Waals surface area contributed by atoms with Crippen molar-refractivity contribution >= 4 is 0 Å². The van der Waals surface area contributed by atoms with Gasteiger partial charge in [-0.25, -0.2) is 0 Å². The second-order valence-corrected chi connectivity index (χ2v) is 4.96. The van der Waals surface area contributed by atoms with Crippen molar-refractivity contribution in [1.29, 1.82) is 0 Å². The van der Waals surface area contributed by atoms with Crippen LogP contribution in [0.15, 0.2) is 60.7 Å². The van der Waals surface area contributed by atoms with Crippen molar-refractivity contribution in [2.24, 2.45) is 11.7 Å². The first-order chi connectivity index (χ1) is 8.82. The summed E-state index contributed by atoms with van der Waals surface area (Å²) >= 11 is 0. The molecule has 2 nitrogen and oxygen atoms in total. The zero-order chi connectivity index (χ0) is 12.4. The summed E-state index contributed by atoms with van der Waals surface area (Å²) in [5.74, 6) is 0.460. The monoisotopic (exact) mass is 238 g/mol. The minimum Gasteiger partial charge on any atom is -0.317 e. The summed E-state index contributed by atoms with van der Waals surface area (Å²) in [5.41, 5.74) is 8.82. The van der Waals surface area contributed by atoms with Gasteiger partial charge in [-0.3, -0.25) is 0 Å². The van der Waals surface area contributed by atoms with E-state index in [1.807, 2.05) is 12.1 Å². The molecular weight excluding hydrogens is 220 g/mol. The Morgan fingerprint density at radius 2 is 1.28 bits per heavy atom. The summed E-state index contributed by atoms with van der Waals surface area (Å²) in [6, 6.07) is 20.8. The van der Waals surface area contributed by atoms with Gasteiger partial charge in [0.15, 0.2) is 0 Å². The van der Waals surface area contributed by atoms with Gasteiger partial charge in [-0.2, -0.15) is 0 Å². The van der Waals surface area contributed by atoms with Crippen molar-refractivity contribution in [1.82, 2.24) is 5.32 Å². The normalized spacial score (nSPS) is 16.3. The molecule has 0 spiro atoms. The van der Waals surface area contributed by atoms with Crippen LogP contribution in [0.25, 0.3) is 0 Å². The third-order valence-corrected chi connectivity index (χ3v) is 3.93. The summed E-state index contributed by atoms with van der Waals surface area (Å²) in [5, 5.41) is 3.33. The summed E-state index contributed by atoms with van der Waals surface area (Å²) in [4.78, 5) is 0. The van der Waals surface area contributed by atoms with E-state index in [1.165, 1.54) is 11.1 Å². The van der Waals surface area contributed by atoms with Crippen LogP contribution in [0.5, 0.6) is 0 Å². The van der Waals surface area contributed by atoms with Crippen LogP contribution < -0.4 is 11.1 Å². The molecule has 0 radical (unpaired) electrons. The van der Waals surface area contributed by atoms with Gasteiger partial charge in [0.1, 0.15) is 0 Å². The van der Waals surface area contributed by atoms with Crippen molar-refractivity contribution in [3.8, 4) is 0 Å². The predicted octanol–water partition coefficient (Wildman–Crippen LogP) is 2.11. The molecule has 0 aromatic heterocycles. The topological polar surface area (TPSA) is 38.0 Å². The summed E-state index contributed by atoms with van der Waals surface area (Å²) in [7, 11) is 0. The molecule has 2 heteroatoms. The summed E-state index contributed by atoms with van der Waals surface area (Å²) in [6.07, 6.45) is 0. The molecule has 0 saturated carbocycles. The van der Waals surface area contributed by atoms with Crippen LogP contribution in [-0.4, -0.2) is 13.1 Å². The molecule has 1 aliphatic rings. The zero-order valence-corrected chi connectivity index (χ0v) is 10.3. The molecule has 0 atom stereocenters. The second kappa shape index (κ2) is 4.56. The lowest BCUT2D eigenvalue weighted by atomic mass is 9.71. The lowest BCUT2D eigenvalue weighted by Crippen LogP contribution is -2.59. The third-order valence-electron chi connectivity index (χ3n) is 3.93. The number of hydrogen-bond acceptors (Lipinski definition) is 2. The van der Waals surface area contributed by atoms with Crippen LogP contribution in [0.3, 0.4) is 0 Å². The molecule has 92 valence electrons. The number of rotatable bonds is 3. The maximum atomic E-state index is 6.81. The smallest absolute Gasteiger partial charge is 0.0718 e. The van der Waals surface area contributed by atoms with Crippen LogP contribution in [-0.2, 0) is 5.54 Å². The van der Waals surface area contributed by atoms with Crippen molar-refractivity contribution in [3.05, 3.63) is 71.8 Å². The van der Waals surface area contributed by atoms with E-state index in [0.717, 1.165) is 13.1 Å². The average Bonchev–Trinajstić information content (AvgIpc) is 2.38. The first-order valence-electron chi connectivity index (χ1n) is 6.42. The first-order valence-corrected chi connectivity index (χ1v) is 6.42. The SMILES string of the molecule is NC(c1ccccc1)(c1ccccc1)C1CNC1. The molecule has 1 fully saturated rings. The molecule has 0 unspecified atom stereocenters. The Hall–Kier alpha value is -1.64. The number of nitrogens with two attached hydrogens (primary N) is 1. The molecular formula is C16H18N2. The average molecular weight is 238 g/mol. The molecule has 3 N–H and O–H groups in total. The molecule has 18 heavy (non-hydrogen) atoms. The molecule has 1 heterocycles. The Kier molecular flexibility index (Phi) is 2.90. The number of hydrogen-bond donors (Lipinski definition) is 2. The highest BCUT2D eigenvalue weighted by Gasteiger charge is 2.41. The molecule has 1 saturated heterocycles. The molecule has 0 aliphatic carbocycles. The highest BCUT2D eigenvalue weighted by Crippen LogP contribution is 2.36. The third kappa shape index (κ3) is 1.74. The van der Waals surface area contributed by atoms with E-state index in [1.54, 1.807) is 0 Å². The van der Waals surface area contributed by atoms with Gasteiger partial charge in [-0.1, -0.05) is 60.7 Å². The highest BCUT2D eigenvalue weighted by atomic mass is 15.0. The van der Waals surface area contributed by atoms with Gasteiger partial charge in [-0.05, 0) is 11.1 Å². The van der Waals surface area contributed by atoms with Crippen LogP contribution in [0, 0.1) is 5.92 Å². The first kappa shape index (κ1) is 11.5. The Bertz CT molecular complexity index is 464. The molecule has 3 rings (SSSR count). The maximum Gasteiger partial charge on any atom is 0.0718 e. The van der Waals surface area contributed by atoms with E-state index in [0.29, 0.717) is 5.92 Å². The van der Waals surface area contributed by atoms with Crippen molar-refractivity contribution in [2.75, 3.05) is 13.1 Å². The number of benzene rings is 2. The van der Waals surface area contributed by atoms with E-state index in [2.05, 4.69) is 53.8 Å². The Labute approximate surface area is 108 Å². The second-order valence-electron chi connectivity index (χ2n) is 4.96. The van der Waals surface area contributed by atoms with E-state index in [-0.39, 0.29) is 5.54 Å². The molecule has 2 aromatic rings. The Balaban J connectivity index is 2.10. The fraction of sp³-hybridized carbons (Fsp3) is 0.250. The summed E-state index contributed by atoms with van der Waals surface area (Å²) in [6.45, 7) is 1.97. The standard InChI is InChI=1S/C16H18N2/c17-16(15-11-18-12-15,13-7-3-1-4-8-13)14-9-5-2-6-10-14/h1-10,15,18H,11-12,17H2. The van der Waals surface area contributed by atoms with Gasteiger partial charge in [-0.15, -0.1) is 0 Å². The largest absolute Gasteiger partial charge is 0.317 e. The van der Waals surface area contributed by atoms with Gasteiger partial charge in [0.25, 0.3) is 0 Å². The lowest BCUT2D eigenvalue weighted by molar-refractivity contribution is 0.228. The predicted molar refractivity (Wildman–Crippen MR) is 74.2 cm³/mol. The van der Waals surface area contributed by atoms with Gasteiger partial charge < -0.3 is 11.1 Å². The zero-order valence-electron chi connectivity index (χ0n) is 10.3. The maximum absolute atomic E-state index is 6.81. The quantitative estimate of drug-likeness (QED) is 0.859. The minimum atomic E-state index is -0.381. The van der Waals surface area contributed by atoms with Gasteiger partial charge in [0.05, 0.1) is 5.54 Å². The minimum absolute atomic E-state index is 0.381. The van der Waals surface area contributed by atoms with Crippen molar-refractivity contribution in [3.63, 3.8) is 0 Å². The van der Waals surface area contributed by atoms with E-state index in [4.69, 9.17) is 5.73 Å². The van der Waals surface area contributed by atoms with Gasteiger partial charge in [0.2, 0.25) is 0 Å². The van der Waals surface area contributed by atoms with Gasteiger partial charge in [0, 0.05) is 19.0 Å². The fourth-order valence-corrected chi connectivity index (χ4v) is 2.68. The van der Waals surface area contributed by atoms with Crippen LogP contribution >= 0.6 is 0 Å². The molecule has 1 aliphatic heterocycles. The van der Waals surface area contributed by atoms with Gasteiger partial charge >= 0.3 is 0 Å². The molecule has 2 aromatic carbocycles. The van der Waals surface area contributed by atoms with Crippen LogP contribution in [0.4, 0.5) is 0 Å². The van der Waals surface area contributed by atoms with Crippen molar-refractivity contribution < 1.29 is 0 Å².